The minimum Gasteiger partial charge on any atom is -0.322 e. The van der Waals surface area contributed by atoms with Gasteiger partial charge in [0.2, 0.25) is 5.91 Å². The van der Waals surface area contributed by atoms with Gasteiger partial charge < -0.3 is 9.88 Å². The molecule has 1 aromatic heterocycles. The van der Waals surface area contributed by atoms with E-state index in [-0.39, 0.29) is 10.9 Å². The van der Waals surface area contributed by atoms with Crippen LogP contribution >= 0.6 is 0 Å². The molecule has 3 aliphatic rings. The number of fused-ring (bicyclic) bond motifs is 1. The molecule has 158 valence electrons. The summed E-state index contributed by atoms with van der Waals surface area (Å²) >= 11 is 0. The van der Waals surface area contributed by atoms with Gasteiger partial charge in [-0.3, -0.25) is 9.59 Å². The normalized spacial score (nSPS) is 28.7. The van der Waals surface area contributed by atoms with E-state index in [9.17, 15) is 22.8 Å². The highest BCUT2D eigenvalue weighted by atomic mass is 19.4. The van der Waals surface area contributed by atoms with Gasteiger partial charge in [0.25, 0.3) is 5.56 Å². The van der Waals surface area contributed by atoms with Gasteiger partial charge in [-0.2, -0.15) is 13.2 Å². The zero-order chi connectivity index (χ0) is 21.3. The molecule has 1 heterocycles. The lowest BCUT2D eigenvalue weighted by atomic mass is 9.28. The number of hydrogen-bond acceptors (Lipinski definition) is 2. The lowest BCUT2D eigenvalue weighted by Crippen LogP contribution is -2.69. The average molecular weight is 416 g/mol. The molecular weight excluding hydrogens is 393 g/mol. The van der Waals surface area contributed by atoms with Crippen LogP contribution in [0.5, 0.6) is 0 Å². The number of alkyl halides is 3. The van der Waals surface area contributed by atoms with Crippen LogP contribution in [0.2, 0.25) is 0 Å². The lowest BCUT2D eigenvalue weighted by molar-refractivity contribution is -0.274. The maximum atomic E-state index is 13.5. The third-order valence-electron chi connectivity index (χ3n) is 7.59. The van der Waals surface area contributed by atoms with Gasteiger partial charge in [-0.15, -0.1) is 0 Å². The maximum absolute atomic E-state index is 13.5. The highest BCUT2D eigenvalue weighted by Crippen LogP contribution is 2.78. The van der Waals surface area contributed by atoms with E-state index in [4.69, 9.17) is 0 Å². The predicted molar refractivity (Wildman–Crippen MR) is 108 cm³/mol. The molecular formula is C23H23F3N2O2. The lowest BCUT2D eigenvalue weighted by Gasteiger charge is -2.76. The molecule has 30 heavy (non-hydrogen) atoms. The van der Waals surface area contributed by atoms with E-state index in [2.05, 4.69) is 11.9 Å². The number of carbonyl (C=O) groups excluding carboxylic acids is 1. The van der Waals surface area contributed by atoms with Crippen LogP contribution in [0.1, 0.15) is 37.7 Å². The van der Waals surface area contributed by atoms with Crippen molar-refractivity contribution < 1.29 is 18.0 Å². The standard InChI is InChI=1S/C23H23F3N2O2/c1-2-19(29)27-15-4-5-16-17(23(24,25)26)10-20(30)28(18(16)9-15)7-3-6-22-11-13-8-14(12-22)21(13)22/h2,4-5,9-10,13-14,21H,1,3,6-8,11-12H2,(H,27,29). The summed E-state index contributed by atoms with van der Waals surface area (Å²) in [5.74, 6) is 2.19. The highest BCUT2D eigenvalue weighted by molar-refractivity contribution is 6.00. The molecule has 0 radical (unpaired) electrons. The van der Waals surface area contributed by atoms with Crippen molar-refractivity contribution in [3.05, 3.63) is 52.8 Å². The molecule has 3 aliphatic carbocycles. The van der Waals surface area contributed by atoms with Gasteiger partial charge >= 0.3 is 6.18 Å². The zero-order valence-corrected chi connectivity index (χ0v) is 16.5. The minimum absolute atomic E-state index is 0.0386. The Kier molecular flexibility index (Phi) is 4.18. The number of pyridine rings is 1. The number of rotatable bonds is 6. The second-order valence-corrected chi connectivity index (χ2v) is 9.13. The van der Waals surface area contributed by atoms with E-state index >= 15 is 0 Å². The van der Waals surface area contributed by atoms with E-state index in [0.29, 0.717) is 23.7 Å². The summed E-state index contributed by atoms with van der Waals surface area (Å²) in [5.41, 5.74) is -0.659. The molecule has 3 saturated carbocycles. The number of nitrogens with zero attached hydrogens (tertiary/aromatic N) is 1. The van der Waals surface area contributed by atoms with Crippen molar-refractivity contribution in [1.82, 2.24) is 4.57 Å². The van der Waals surface area contributed by atoms with Crippen LogP contribution < -0.4 is 10.9 Å². The third kappa shape index (κ3) is 2.81. The number of carbonyl (C=O) groups is 1. The summed E-state index contributed by atoms with van der Waals surface area (Å²) in [5, 5.41) is 2.52. The summed E-state index contributed by atoms with van der Waals surface area (Å²) < 4.78 is 42.0. The van der Waals surface area contributed by atoms with Crippen molar-refractivity contribution in [3.8, 4) is 0 Å². The van der Waals surface area contributed by atoms with Crippen LogP contribution in [0.25, 0.3) is 10.9 Å². The number of aromatic nitrogens is 1. The molecule has 4 nitrogen and oxygen atoms in total. The molecule has 1 aromatic carbocycles. The summed E-state index contributed by atoms with van der Waals surface area (Å²) in [6.45, 7) is 3.75. The second kappa shape index (κ2) is 6.46. The van der Waals surface area contributed by atoms with E-state index in [1.54, 1.807) is 0 Å². The molecule has 3 fully saturated rings. The first-order valence-corrected chi connectivity index (χ1v) is 10.4. The minimum atomic E-state index is -4.63. The van der Waals surface area contributed by atoms with Crippen LogP contribution in [-0.2, 0) is 17.5 Å². The largest absolute Gasteiger partial charge is 0.417 e. The van der Waals surface area contributed by atoms with E-state index in [0.717, 1.165) is 36.7 Å². The van der Waals surface area contributed by atoms with Crippen LogP contribution in [-0.4, -0.2) is 10.5 Å². The number of anilines is 1. The fraction of sp³-hybridized carbons (Fsp3) is 0.478. The number of halogens is 3. The van der Waals surface area contributed by atoms with E-state index < -0.39 is 23.2 Å². The molecule has 0 spiro atoms. The number of aryl methyl sites for hydroxylation is 1. The topological polar surface area (TPSA) is 51.1 Å². The quantitative estimate of drug-likeness (QED) is 0.676. The van der Waals surface area contributed by atoms with Gasteiger partial charge in [0.15, 0.2) is 0 Å². The number of amides is 1. The van der Waals surface area contributed by atoms with Crippen molar-refractivity contribution in [3.63, 3.8) is 0 Å². The van der Waals surface area contributed by atoms with Gasteiger partial charge in [0.1, 0.15) is 0 Å². The Bertz CT molecular complexity index is 1110. The Morgan fingerprint density at radius 3 is 2.60 bits per heavy atom. The average Bonchev–Trinajstić information content (AvgIpc) is 2.67. The van der Waals surface area contributed by atoms with E-state index in [1.165, 1.54) is 42.0 Å². The molecule has 5 rings (SSSR count). The second-order valence-electron chi connectivity index (χ2n) is 9.13. The molecule has 1 amide bonds. The van der Waals surface area contributed by atoms with Crippen molar-refractivity contribution in [1.29, 1.82) is 0 Å². The summed E-state index contributed by atoms with van der Waals surface area (Å²) in [7, 11) is 0. The van der Waals surface area contributed by atoms with Gasteiger partial charge in [-0.05, 0) is 73.5 Å². The monoisotopic (exact) mass is 416 g/mol. The Balaban J connectivity index is 1.46. The first-order valence-electron chi connectivity index (χ1n) is 10.4. The summed E-state index contributed by atoms with van der Waals surface area (Å²) in [6, 6.07) is 4.85. The molecule has 1 N–H and O–H groups in total. The molecule has 0 saturated heterocycles. The fourth-order valence-electron chi connectivity index (χ4n) is 6.45. The summed E-state index contributed by atoms with van der Waals surface area (Å²) in [4.78, 5) is 24.2. The van der Waals surface area contributed by atoms with Crippen molar-refractivity contribution >= 4 is 22.5 Å². The Morgan fingerprint density at radius 2 is 2.00 bits per heavy atom. The fourth-order valence-corrected chi connectivity index (χ4v) is 6.45. The van der Waals surface area contributed by atoms with E-state index in [1.807, 2.05) is 0 Å². The third-order valence-corrected chi connectivity index (χ3v) is 7.59. The van der Waals surface area contributed by atoms with Crippen LogP contribution in [0, 0.1) is 23.2 Å². The molecule has 0 bridgehead atoms. The first kappa shape index (κ1) is 19.4. The molecule has 2 unspecified atom stereocenters. The van der Waals surface area contributed by atoms with Crippen molar-refractivity contribution in [2.75, 3.05) is 5.32 Å². The SMILES string of the molecule is C=CC(=O)Nc1ccc2c(C(F)(F)F)cc(=O)n(CCCC34CC5CC(C3)C54)c2c1. The number of hydrogen-bond donors (Lipinski definition) is 1. The smallest absolute Gasteiger partial charge is 0.322 e. The Hall–Kier alpha value is -2.57. The maximum Gasteiger partial charge on any atom is 0.417 e. The van der Waals surface area contributed by atoms with Gasteiger partial charge in [-0.25, -0.2) is 0 Å². The number of nitrogens with one attached hydrogen (secondary N) is 1. The molecule has 7 heteroatoms. The Morgan fingerprint density at radius 1 is 1.27 bits per heavy atom. The highest BCUT2D eigenvalue weighted by Gasteiger charge is 2.70. The first-order chi connectivity index (χ1) is 14.2. The van der Waals surface area contributed by atoms with Gasteiger partial charge in [0, 0.05) is 23.7 Å². The summed E-state index contributed by atoms with van der Waals surface area (Å²) in [6.07, 6.45) is 2.15. The number of benzene rings is 1. The molecule has 0 aliphatic heterocycles. The van der Waals surface area contributed by atoms with Crippen molar-refractivity contribution in [2.45, 2.75) is 44.8 Å². The van der Waals surface area contributed by atoms with Gasteiger partial charge in [0.05, 0.1) is 11.1 Å². The van der Waals surface area contributed by atoms with Crippen molar-refractivity contribution in [2.24, 2.45) is 23.2 Å². The van der Waals surface area contributed by atoms with Gasteiger partial charge in [-0.1, -0.05) is 12.6 Å². The Labute approximate surface area is 171 Å². The van der Waals surface area contributed by atoms with Crippen LogP contribution in [0.4, 0.5) is 18.9 Å². The van der Waals surface area contributed by atoms with Crippen LogP contribution in [0.3, 0.4) is 0 Å². The molecule has 2 atom stereocenters. The molecule has 2 aromatic rings. The zero-order valence-electron chi connectivity index (χ0n) is 16.5. The van der Waals surface area contributed by atoms with Crippen LogP contribution in [0.15, 0.2) is 41.7 Å². The predicted octanol–water partition coefficient (Wildman–Crippen LogP) is 4.97.